The van der Waals surface area contributed by atoms with Crippen LogP contribution in [-0.4, -0.2) is 63.3 Å². The highest BCUT2D eigenvalue weighted by molar-refractivity contribution is 6.00. The summed E-state index contributed by atoms with van der Waals surface area (Å²) in [7, 11) is 2.14. The number of pyridine rings is 3. The molecular weight excluding hydrogens is 342 g/mol. The van der Waals surface area contributed by atoms with E-state index in [1.807, 2.05) is 18.2 Å². The van der Waals surface area contributed by atoms with Gasteiger partial charge in [0.05, 0.1) is 27.8 Å². The van der Waals surface area contributed by atoms with Crippen molar-refractivity contribution in [3.63, 3.8) is 0 Å². The van der Waals surface area contributed by atoms with Gasteiger partial charge in [-0.2, -0.15) is 0 Å². The molecule has 0 aromatic carbocycles. The fourth-order valence-electron chi connectivity index (χ4n) is 3.58. The molecule has 0 aliphatic carbocycles. The van der Waals surface area contributed by atoms with Crippen LogP contribution in [0.25, 0.3) is 33.3 Å². The zero-order valence-electron chi connectivity index (χ0n) is 14.9. The molecule has 0 saturated carbocycles. The Labute approximate surface area is 154 Å². The third-order valence-corrected chi connectivity index (χ3v) is 5.13. The van der Waals surface area contributed by atoms with Gasteiger partial charge in [0.2, 0.25) is 0 Å². The molecule has 0 radical (unpaired) electrons. The number of aromatic amines is 2. The van der Waals surface area contributed by atoms with Crippen LogP contribution in [0.2, 0.25) is 0 Å². The smallest absolute Gasteiger partial charge is 0.273 e. The van der Waals surface area contributed by atoms with E-state index >= 15 is 0 Å². The van der Waals surface area contributed by atoms with Crippen LogP contribution in [0.15, 0.2) is 41.5 Å². The van der Waals surface area contributed by atoms with Gasteiger partial charge in [-0.15, -0.1) is 0 Å². The first-order valence-corrected chi connectivity index (χ1v) is 8.96. The summed E-state index contributed by atoms with van der Waals surface area (Å²) in [5, 5.41) is 6.03. The summed E-state index contributed by atoms with van der Waals surface area (Å²) in [4.78, 5) is 30.3. The molecule has 4 aromatic heterocycles. The minimum absolute atomic E-state index is 0.192. The number of fused-ring (bicyclic) bond motifs is 3. The molecule has 0 spiro atoms. The van der Waals surface area contributed by atoms with Gasteiger partial charge in [0.1, 0.15) is 11.2 Å². The van der Waals surface area contributed by atoms with E-state index in [9.17, 15) is 4.79 Å². The number of nitrogens with one attached hydrogen (secondary N) is 2. The third kappa shape index (κ3) is 2.65. The lowest BCUT2D eigenvalue weighted by Crippen LogP contribution is -2.44. The predicted octanol–water partition coefficient (Wildman–Crippen LogP) is 1.61. The first-order valence-electron chi connectivity index (χ1n) is 8.96. The van der Waals surface area contributed by atoms with Crippen LogP contribution in [-0.2, 0) is 0 Å². The zero-order chi connectivity index (χ0) is 18.4. The average Bonchev–Trinajstić information content (AvgIpc) is 3.10. The number of rotatable bonds is 2. The van der Waals surface area contributed by atoms with Gasteiger partial charge in [-0.3, -0.25) is 25.0 Å². The van der Waals surface area contributed by atoms with Crippen molar-refractivity contribution in [1.82, 2.24) is 30.0 Å². The number of hydrogen-bond donors (Lipinski definition) is 2. The summed E-state index contributed by atoms with van der Waals surface area (Å²) >= 11 is 0. The standard InChI is InChI=1S/C19H19N7O/c1-25-7-9-26(10-8-25)15-3-2-6-20-17(15)14-5-4-13-18(22-14)16-12(11-21-13)19(27)24-23-16/h2-6,11H,7-10H2,1H3,(H2,23,24,27). The Bertz CT molecular complexity index is 1190. The van der Waals surface area contributed by atoms with E-state index in [-0.39, 0.29) is 5.56 Å². The molecule has 136 valence electrons. The maximum Gasteiger partial charge on any atom is 0.273 e. The second-order valence-corrected chi connectivity index (χ2v) is 6.85. The fourth-order valence-corrected chi connectivity index (χ4v) is 3.58. The molecule has 1 fully saturated rings. The summed E-state index contributed by atoms with van der Waals surface area (Å²) in [6, 6.07) is 7.91. The lowest BCUT2D eigenvalue weighted by atomic mass is 10.1. The number of likely N-dealkylation sites (N-methyl/N-ethyl adjacent to an activating group) is 1. The van der Waals surface area contributed by atoms with Crippen molar-refractivity contribution in [2.24, 2.45) is 0 Å². The summed E-state index contributed by atoms with van der Waals surface area (Å²) < 4.78 is 0. The van der Waals surface area contributed by atoms with Crippen LogP contribution in [0.3, 0.4) is 0 Å². The van der Waals surface area contributed by atoms with Crippen LogP contribution in [0.1, 0.15) is 0 Å². The van der Waals surface area contributed by atoms with Gasteiger partial charge >= 0.3 is 0 Å². The molecule has 0 unspecified atom stereocenters. The van der Waals surface area contributed by atoms with Crippen molar-refractivity contribution < 1.29 is 0 Å². The number of piperazine rings is 1. The number of nitrogens with zero attached hydrogens (tertiary/aromatic N) is 5. The summed E-state index contributed by atoms with van der Waals surface area (Å²) in [6.07, 6.45) is 3.36. The van der Waals surface area contributed by atoms with E-state index in [2.05, 4.69) is 43.1 Å². The monoisotopic (exact) mass is 361 g/mol. The van der Waals surface area contributed by atoms with E-state index in [0.29, 0.717) is 16.4 Å². The Morgan fingerprint density at radius 1 is 1.04 bits per heavy atom. The Morgan fingerprint density at radius 3 is 2.74 bits per heavy atom. The zero-order valence-corrected chi connectivity index (χ0v) is 14.9. The quantitative estimate of drug-likeness (QED) is 0.563. The molecule has 5 heterocycles. The molecule has 1 saturated heterocycles. The predicted molar refractivity (Wildman–Crippen MR) is 105 cm³/mol. The first-order chi connectivity index (χ1) is 13.2. The van der Waals surface area contributed by atoms with Crippen molar-refractivity contribution in [2.75, 3.05) is 38.1 Å². The van der Waals surface area contributed by atoms with Crippen LogP contribution in [0.4, 0.5) is 5.69 Å². The average molecular weight is 361 g/mol. The van der Waals surface area contributed by atoms with E-state index in [4.69, 9.17) is 4.98 Å². The van der Waals surface area contributed by atoms with Crippen molar-refractivity contribution in [1.29, 1.82) is 0 Å². The highest BCUT2D eigenvalue weighted by atomic mass is 16.1. The lowest BCUT2D eigenvalue weighted by molar-refractivity contribution is 0.313. The van der Waals surface area contributed by atoms with Gasteiger partial charge in [-0.1, -0.05) is 0 Å². The van der Waals surface area contributed by atoms with Crippen LogP contribution in [0.5, 0.6) is 0 Å². The Kier molecular flexibility index (Phi) is 3.64. The van der Waals surface area contributed by atoms with Crippen LogP contribution >= 0.6 is 0 Å². The van der Waals surface area contributed by atoms with Crippen molar-refractivity contribution in [3.05, 3.63) is 47.0 Å². The molecule has 8 nitrogen and oxygen atoms in total. The van der Waals surface area contributed by atoms with Crippen LogP contribution in [0, 0.1) is 0 Å². The van der Waals surface area contributed by atoms with Crippen LogP contribution < -0.4 is 10.5 Å². The van der Waals surface area contributed by atoms with Crippen molar-refractivity contribution in [2.45, 2.75) is 0 Å². The maximum atomic E-state index is 11.9. The van der Waals surface area contributed by atoms with Gasteiger partial charge in [0, 0.05) is 38.6 Å². The summed E-state index contributed by atoms with van der Waals surface area (Å²) in [5.74, 6) is 0. The van der Waals surface area contributed by atoms with Gasteiger partial charge in [0.25, 0.3) is 5.56 Å². The maximum absolute atomic E-state index is 11.9. The van der Waals surface area contributed by atoms with E-state index in [0.717, 1.165) is 48.8 Å². The topological polar surface area (TPSA) is 93.8 Å². The molecule has 1 aliphatic heterocycles. The van der Waals surface area contributed by atoms with Crippen molar-refractivity contribution in [3.8, 4) is 11.4 Å². The molecule has 5 rings (SSSR count). The highest BCUT2D eigenvalue weighted by Gasteiger charge is 2.19. The largest absolute Gasteiger partial charge is 0.367 e. The molecular formula is C19H19N7O. The highest BCUT2D eigenvalue weighted by Crippen LogP contribution is 2.30. The Morgan fingerprint density at radius 2 is 1.89 bits per heavy atom. The second-order valence-electron chi connectivity index (χ2n) is 6.85. The van der Waals surface area contributed by atoms with E-state index < -0.39 is 0 Å². The van der Waals surface area contributed by atoms with Crippen molar-refractivity contribution >= 4 is 27.6 Å². The lowest BCUT2D eigenvalue weighted by Gasteiger charge is -2.34. The molecule has 2 N–H and O–H groups in total. The van der Waals surface area contributed by atoms with E-state index in [1.165, 1.54) is 0 Å². The Hall–Kier alpha value is -3.26. The Balaban J connectivity index is 1.66. The molecule has 0 bridgehead atoms. The third-order valence-electron chi connectivity index (χ3n) is 5.13. The minimum Gasteiger partial charge on any atom is -0.367 e. The number of hydrogen-bond acceptors (Lipinski definition) is 6. The molecule has 1 aliphatic rings. The van der Waals surface area contributed by atoms with E-state index in [1.54, 1.807) is 12.4 Å². The molecule has 8 heteroatoms. The molecule has 0 atom stereocenters. The number of H-pyrrole nitrogens is 2. The molecule has 0 amide bonds. The summed E-state index contributed by atoms with van der Waals surface area (Å²) in [6.45, 7) is 3.96. The van der Waals surface area contributed by atoms with Gasteiger partial charge in [-0.25, -0.2) is 4.98 Å². The minimum atomic E-state index is -0.192. The normalized spacial score (nSPS) is 15.7. The second kappa shape index (κ2) is 6.17. The molecule has 27 heavy (non-hydrogen) atoms. The summed E-state index contributed by atoms with van der Waals surface area (Å²) in [5.41, 5.74) is 4.58. The number of aromatic nitrogens is 5. The first kappa shape index (κ1) is 16.0. The number of anilines is 1. The molecule has 4 aromatic rings. The van der Waals surface area contributed by atoms with Gasteiger partial charge in [-0.05, 0) is 31.3 Å². The van der Waals surface area contributed by atoms with Gasteiger partial charge < -0.3 is 9.80 Å². The SMILES string of the molecule is CN1CCN(c2cccnc2-c2ccc3ncc4c(=O)[nH][nH]c4c3n2)CC1. The van der Waals surface area contributed by atoms with Gasteiger partial charge in [0.15, 0.2) is 0 Å². The fraction of sp³-hybridized carbons (Fsp3) is 0.263.